The second-order valence-electron chi connectivity index (χ2n) is 24.2. The molecule has 488 valence electrons. The number of ether oxygens (including phenoxy) is 8. The predicted molar refractivity (Wildman–Crippen MR) is 399 cm³/mol. The van der Waals surface area contributed by atoms with Crippen molar-refractivity contribution in [2.45, 2.75) is 5.41 Å². The van der Waals surface area contributed by atoms with Gasteiger partial charge in [-0.15, -0.1) is 0 Å². The standard InChI is InChI=1S/C87H72N4O8/c1-92-71-33-14-60(15-34-71)88(61-16-35-72(93-2)36-17-61)59-12-9-57(10-13-59)58-11-49-79-80-50-30-68(89(62-18-37-73(94-3)38-19-62)63-20-39-74(95-4)40-21-63)54-84(80)87(83(79)53-58)85-55-69(90(64-22-41-75(96-5)42-23-64)65-24-43-76(97-6)44-25-65)31-51-81(85)82-52-32-70(56-86(82)87)91(66-26-45-77(98-7)46-27-66)67-28-47-78(99-8)48-29-67/h9-56H,1-8H3. The van der Waals surface area contributed by atoms with Crippen LogP contribution in [-0.2, 0) is 5.41 Å². The molecule has 1 spiro atoms. The van der Waals surface area contributed by atoms with Gasteiger partial charge in [-0.05, 0) is 304 Å². The van der Waals surface area contributed by atoms with Gasteiger partial charge in [0.05, 0.1) is 62.3 Å². The monoisotopic (exact) mass is 1300 g/mol. The van der Waals surface area contributed by atoms with E-state index in [1.165, 1.54) is 0 Å². The van der Waals surface area contributed by atoms with E-state index in [1.807, 2.05) is 97.1 Å². The Morgan fingerprint density at radius 3 is 0.545 bits per heavy atom. The molecule has 0 fully saturated rings. The maximum absolute atomic E-state index is 5.76. The van der Waals surface area contributed by atoms with Crippen molar-refractivity contribution in [2.24, 2.45) is 0 Å². The summed E-state index contributed by atoms with van der Waals surface area (Å²) in [5.41, 5.74) is 21.7. The highest BCUT2D eigenvalue weighted by Crippen LogP contribution is 2.65. The number of anilines is 12. The lowest BCUT2D eigenvalue weighted by Gasteiger charge is -2.34. The molecule has 15 rings (SSSR count). The zero-order valence-corrected chi connectivity index (χ0v) is 56.3. The minimum absolute atomic E-state index is 0.761. The molecule has 12 heteroatoms. The summed E-state index contributed by atoms with van der Waals surface area (Å²) in [6.07, 6.45) is 0. The maximum Gasteiger partial charge on any atom is 0.119 e. The van der Waals surface area contributed by atoms with E-state index in [-0.39, 0.29) is 0 Å². The maximum atomic E-state index is 5.76. The molecule has 0 amide bonds. The molecular weight excluding hydrogens is 1230 g/mol. The molecule has 2 aliphatic rings. The summed E-state index contributed by atoms with van der Waals surface area (Å²) in [4.78, 5) is 9.20. The minimum Gasteiger partial charge on any atom is -0.497 e. The molecule has 0 saturated carbocycles. The zero-order chi connectivity index (χ0) is 67.7. The van der Waals surface area contributed by atoms with E-state index in [9.17, 15) is 0 Å². The van der Waals surface area contributed by atoms with Gasteiger partial charge in [-0.3, -0.25) is 0 Å². The summed E-state index contributed by atoms with van der Waals surface area (Å²) in [6, 6.07) is 103. The molecule has 12 nitrogen and oxygen atoms in total. The van der Waals surface area contributed by atoms with E-state index in [0.29, 0.717) is 0 Å². The van der Waals surface area contributed by atoms with E-state index in [2.05, 4.69) is 214 Å². The van der Waals surface area contributed by atoms with Crippen LogP contribution in [0.25, 0.3) is 33.4 Å². The quantitative estimate of drug-likeness (QED) is 0.0687. The highest BCUT2D eigenvalue weighted by atomic mass is 16.5. The number of fused-ring (bicyclic) bond motifs is 10. The fourth-order valence-corrected chi connectivity index (χ4v) is 14.2. The first kappa shape index (κ1) is 62.6. The molecule has 99 heavy (non-hydrogen) atoms. The van der Waals surface area contributed by atoms with E-state index >= 15 is 0 Å². The molecule has 0 N–H and O–H groups in total. The van der Waals surface area contributed by atoms with Gasteiger partial charge in [0, 0.05) is 68.2 Å². The summed E-state index contributed by atoms with van der Waals surface area (Å²) in [6.45, 7) is 0. The van der Waals surface area contributed by atoms with Crippen LogP contribution in [0.15, 0.2) is 291 Å². The Bertz CT molecular complexity index is 4540. The van der Waals surface area contributed by atoms with Crippen molar-refractivity contribution in [1.29, 1.82) is 0 Å². The first-order valence-corrected chi connectivity index (χ1v) is 32.7. The van der Waals surface area contributed by atoms with Crippen LogP contribution in [0, 0.1) is 0 Å². The average Bonchev–Trinajstić information content (AvgIpc) is 1.51. The van der Waals surface area contributed by atoms with Gasteiger partial charge in [-0.2, -0.15) is 0 Å². The molecule has 13 aromatic carbocycles. The molecule has 0 radical (unpaired) electrons. The fraction of sp³-hybridized carbons (Fsp3) is 0.103. The van der Waals surface area contributed by atoms with Crippen molar-refractivity contribution in [3.05, 3.63) is 313 Å². The first-order valence-electron chi connectivity index (χ1n) is 32.7. The van der Waals surface area contributed by atoms with Crippen LogP contribution in [0.2, 0.25) is 0 Å². The molecule has 13 aromatic rings. The smallest absolute Gasteiger partial charge is 0.119 e. The van der Waals surface area contributed by atoms with E-state index < -0.39 is 5.41 Å². The Morgan fingerprint density at radius 2 is 0.333 bits per heavy atom. The van der Waals surface area contributed by atoms with E-state index in [4.69, 9.17) is 37.9 Å². The summed E-state index contributed by atoms with van der Waals surface area (Å²) < 4.78 is 45.8. The van der Waals surface area contributed by atoms with Crippen molar-refractivity contribution < 1.29 is 37.9 Å². The van der Waals surface area contributed by atoms with Gasteiger partial charge in [0.1, 0.15) is 46.0 Å². The van der Waals surface area contributed by atoms with Gasteiger partial charge < -0.3 is 57.5 Å². The third kappa shape index (κ3) is 11.3. The molecule has 0 heterocycles. The highest BCUT2D eigenvalue weighted by molar-refractivity contribution is 6.00. The molecule has 0 atom stereocenters. The van der Waals surface area contributed by atoms with Gasteiger partial charge in [0.2, 0.25) is 0 Å². The number of rotatable bonds is 21. The van der Waals surface area contributed by atoms with E-state index in [0.717, 1.165) is 170 Å². The molecule has 0 bridgehead atoms. The Hall–Kier alpha value is -12.5. The SMILES string of the molecule is COc1ccc(N(c2ccc(OC)cc2)c2ccc(-c3ccc4c(c3)C3(c5cc(N(c6ccc(OC)cc6)c6ccc(OC)cc6)ccc5-4)c4cc(N(c5ccc(OC)cc5)c5ccc(OC)cc5)ccc4-c4ccc(N(c5ccc(OC)cc5)c5ccc(OC)cc5)cc43)cc2)cc1. The third-order valence-electron chi connectivity index (χ3n) is 19.1. The van der Waals surface area contributed by atoms with Crippen molar-refractivity contribution >= 4 is 68.2 Å². The highest BCUT2D eigenvalue weighted by Gasteiger charge is 2.53. The Balaban J connectivity index is 1.00. The summed E-state index contributed by atoms with van der Waals surface area (Å²) in [5.74, 6) is 6.12. The van der Waals surface area contributed by atoms with Gasteiger partial charge in [0.15, 0.2) is 0 Å². The van der Waals surface area contributed by atoms with Crippen LogP contribution in [0.5, 0.6) is 46.0 Å². The van der Waals surface area contributed by atoms with Crippen LogP contribution < -0.4 is 57.5 Å². The van der Waals surface area contributed by atoms with Gasteiger partial charge >= 0.3 is 0 Å². The molecule has 0 aromatic heterocycles. The van der Waals surface area contributed by atoms with Gasteiger partial charge in [-0.1, -0.05) is 42.5 Å². The molecule has 0 aliphatic heterocycles. The second kappa shape index (κ2) is 26.6. The van der Waals surface area contributed by atoms with Crippen LogP contribution in [0.3, 0.4) is 0 Å². The fourth-order valence-electron chi connectivity index (χ4n) is 14.2. The number of methoxy groups -OCH3 is 8. The molecular formula is C87H72N4O8. The van der Waals surface area contributed by atoms with Crippen molar-refractivity contribution in [1.82, 2.24) is 0 Å². The average molecular weight is 1300 g/mol. The number of benzene rings is 13. The van der Waals surface area contributed by atoms with Crippen LogP contribution in [-0.4, -0.2) is 56.9 Å². The van der Waals surface area contributed by atoms with Crippen molar-refractivity contribution in [3.63, 3.8) is 0 Å². The van der Waals surface area contributed by atoms with Gasteiger partial charge in [0.25, 0.3) is 0 Å². The van der Waals surface area contributed by atoms with Crippen LogP contribution in [0.1, 0.15) is 22.3 Å². The number of hydrogen-bond acceptors (Lipinski definition) is 12. The normalized spacial score (nSPS) is 11.9. The van der Waals surface area contributed by atoms with Crippen LogP contribution in [0.4, 0.5) is 68.2 Å². The Labute approximate surface area is 577 Å². The first-order chi connectivity index (χ1) is 48.6. The second-order valence-corrected chi connectivity index (χ2v) is 24.2. The Morgan fingerprint density at radius 1 is 0.172 bits per heavy atom. The van der Waals surface area contributed by atoms with Crippen LogP contribution >= 0.6 is 0 Å². The summed E-state index contributed by atoms with van der Waals surface area (Å²) in [7, 11) is 13.6. The van der Waals surface area contributed by atoms with Crippen molar-refractivity contribution in [3.8, 4) is 79.4 Å². The van der Waals surface area contributed by atoms with Gasteiger partial charge in [-0.25, -0.2) is 0 Å². The zero-order valence-electron chi connectivity index (χ0n) is 56.3. The third-order valence-corrected chi connectivity index (χ3v) is 19.1. The lowest BCUT2D eigenvalue weighted by Crippen LogP contribution is -2.27. The largest absolute Gasteiger partial charge is 0.497 e. The molecule has 2 aliphatic carbocycles. The predicted octanol–water partition coefficient (Wildman–Crippen LogP) is 21.6. The lowest BCUT2D eigenvalue weighted by atomic mass is 9.70. The van der Waals surface area contributed by atoms with E-state index in [1.54, 1.807) is 56.9 Å². The Kier molecular flexibility index (Phi) is 16.8. The topological polar surface area (TPSA) is 86.8 Å². The number of nitrogens with zero attached hydrogens (tertiary/aromatic N) is 4. The summed E-state index contributed by atoms with van der Waals surface area (Å²) >= 11 is 0. The number of hydrogen-bond donors (Lipinski definition) is 0. The summed E-state index contributed by atoms with van der Waals surface area (Å²) in [5, 5.41) is 0. The molecule has 0 unspecified atom stereocenters. The van der Waals surface area contributed by atoms with Crippen molar-refractivity contribution in [2.75, 3.05) is 76.5 Å². The lowest BCUT2D eigenvalue weighted by molar-refractivity contribution is 0.414. The molecule has 0 saturated heterocycles. The minimum atomic E-state index is -0.977.